The second-order valence-corrected chi connectivity index (χ2v) is 3.32. The van der Waals surface area contributed by atoms with Gasteiger partial charge in [-0.15, -0.1) is 0 Å². The molecule has 0 atom stereocenters. The zero-order valence-electron chi connectivity index (χ0n) is 8.13. The second kappa shape index (κ2) is 5.00. The van der Waals surface area contributed by atoms with Crippen molar-refractivity contribution in [3.05, 3.63) is 24.0 Å². The van der Waals surface area contributed by atoms with Gasteiger partial charge in [0.1, 0.15) is 0 Å². The Morgan fingerprint density at radius 3 is 2.67 bits per heavy atom. The quantitative estimate of drug-likeness (QED) is 0.551. The molecule has 2 nitrogen and oxygen atoms in total. The van der Waals surface area contributed by atoms with E-state index in [0.717, 1.165) is 0 Å². The van der Waals surface area contributed by atoms with Crippen LogP contribution in [0.2, 0.25) is 0 Å². The number of nitrogens with zero attached hydrogens (tertiary/aromatic N) is 1. The molecule has 0 unspecified atom stereocenters. The number of hydrogen-bond donors (Lipinski definition) is 0. The Bertz CT molecular complexity index is 317. The molecule has 0 spiro atoms. The largest absolute Gasteiger partial charge is 0.389 e. The molecule has 0 saturated carbocycles. The van der Waals surface area contributed by atoms with E-state index >= 15 is 0 Å². The Kier molecular flexibility index (Phi) is 3.94. The summed E-state index contributed by atoms with van der Waals surface area (Å²) in [6, 6.07) is 3.34. The standard InChI is InChI=1S/C10H12F3NO/c11-10(12,13)5-1-2-6-14-7-3-4-9(14)8-15/h3-4,7-8H,1-2,5-6H2. The minimum Gasteiger partial charge on any atom is -0.345 e. The summed E-state index contributed by atoms with van der Waals surface area (Å²) in [5, 5.41) is 0. The molecule has 1 rings (SSSR count). The fourth-order valence-corrected chi connectivity index (χ4v) is 1.35. The molecule has 0 aliphatic heterocycles. The van der Waals surface area contributed by atoms with E-state index in [1.165, 1.54) is 0 Å². The third-order valence-corrected chi connectivity index (χ3v) is 2.09. The number of unbranched alkanes of at least 4 members (excludes halogenated alkanes) is 1. The molecule has 1 aromatic heterocycles. The second-order valence-electron chi connectivity index (χ2n) is 3.32. The van der Waals surface area contributed by atoms with Crippen LogP contribution in [0, 0.1) is 0 Å². The molecule has 0 aromatic carbocycles. The fraction of sp³-hybridized carbons (Fsp3) is 0.500. The topological polar surface area (TPSA) is 22.0 Å². The van der Waals surface area contributed by atoms with Gasteiger partial charge in [0.25, 0.3) is 0 Å². The van der Waals surface area contributed by atoms with Crippen LogP contribution >= 0.6 is 0 Å². The molecule has 0 radical (unpaired) electrons. The maximum absolute atomic E-state index is 11.8. The summed E-state index contributed by atoms with van der Waals surface area (Å²) in [5.74, 6) is 0. The van der Waals surface area contributed by atoms with Gasteiger partial charge in [0.05, 0.1) is 5.69 Å². The zero-order chi connectivity index (χ0) is 11.3. The molecule has 1 heterocycles. The van der Waals surface area contributed by atoms with Gasteiger partial charge in [0.15, 0.2) is 6.29 Å². The number of rotatable bonds is 5. The molecule has 0 fully saturated rings. The van der Waals surface area contributed by atoms with Gasteiger partial charge in [-0.25, -0.2) is 0 Å². The molecule has 0 aliphatic rings. The molecule has 0 N–H and O–H groups in total. The van der Waals surface area contributed by atoms with E-state index in [9.17, 15) is 18.0 Å². The summed E-state index contributed by atoms with van der Waals surface area (Å²) in [6.07, 6.45) is -1.93. The first-order chi connectivity index (χ1) is 7.03. The Morgan fingerprint density at radius 1 is 1.33 bits per heavy atom. The van der Waals surface area contributed by atoms with Crippen LogP contribution in [0.4, 0.5) is 13.2 Å². The van der Waals surface area contributed by atoms with Crippen LogP contribution in [-0.4, -0.2) is 17.0 Å². The van der Waals surface area contributed by atoms with Crippen molar-refractivity contribution in [2.24, 2.45) is 0 Å². The number of aldehydes is 1. The highest BCUT2D eigenvalue weighted by Gasteiger charge is 2.25. The monoisotopic (exact) mass is 219 g/mol. The SMILES string of the molecule is O=Cc1cccn1CCCCC(F)(F)F. The smallest absolute Gasteiger partial charge is 0.345 e. The number of carbonyl (C=O) groups excluding carboxylic acids is 1. The molecular formula is C10H12F3NO. The summed E-state index contributed by atoms with van der Waals surface area (Å²) in [5.41, 5.74) is 0.502. The maximum atomic E-state index is 11.8. The van der Waals surface area contributed by atoms with E-state index in [-0.39, 0.29) is 6.42 Å². The van der Waals surface area contributed by atoms with E-state index < -0.39 is 12.6 Å². The van der Waals surface area contributed by atoms with Crippen molar-refractivity contribution >= 4 is 6.29 Å². The van der Waals surface area contributed by atoms with Crippen LogP contribution in [0.5, 0.6) is 0 Å². The van der Waals surface area contributed by atoms with Gasteiger partial charge in [-0.05, 0) is 25.0 Å². The highest BCUT2D eigenvalue weighted by molar-refractivity contribution is 5.72. The molecule has 0 amide bonds. The van der Waals surface area contributed by atoms with Crippen LogP contribution in [0.1, 0.15) is 29.8 Å². The van der Waals surface area contributed by atoms with Crippen LogP contribution in [0.25, 0.3) is 0 Å². The molecule has 0 bridgehead atoms. The number of hydrogen-bond acceptors (Lipinski definition) is 1. The van der Waals surface area contributed by atoms with Crippen molar-refractivity contribution in [3.8, 4) is 0 Å². The zero-order valence-corrected chi connectivity index (χ0v) is 8.13. The number of halogens is 3. The summed E-state index contributed by atoms with van der Waals surface area (Å²) in [7, 11) is 0. The molecule has 84 valence electrons. The Hall–Kier alpha value is -1.26. The minimum atomic E-state index is -4.08. The predicted octanol–water partition coefficient (Wildman–Crippen LogP) is 3.03. The molecular weight excluding hydrogens is 207 g/mol. The third kappa shape index (κ3) is 4.18. The van der Waals surface area contributed by atoms with Crippen molar-refractivity contribution in [2.45, 2.75) is 32.0 Å². The number of aryl methyl sites for hydroxylation is 1. The lowest BCUT2D eigenvalue weighted by molar-refractivity contribution is -0.135. The molecule has 1 aromatic rings. The minimum absolute atomic E-state index is 0.0972. The van der Waals surface area contributed by atoms with Crippen LogP contribution < -0.4 is 0 Å². The summed E-state index contributed by atoms with van der Waals surface area (Å²) in [6.45, 7) is 0.456. The number of aromatic nitrogens is 1. The van der Waals surface area contributed by atoms with Gasteiger partial charge in [-0.3, -0.25) is 4.79 Å². The highest BCUT2D eigenvalue weighted by Crippen LogP contribution is 2.22. The Labute approximate surface area is 85.7 Å². The highest BCUT2D eigenvalue weighted by atomic mass is 19.4. The maximum Gasteiger partial charge on any atom is 0.389 e. The fourth-order valence-electron chi connectivity index (χ4n) is 1.35. The van der Waals surface area contributed by atoms with Gasteiger partial charge in [0, 0.05) is 19.2 Å². The van der Waals surface area contributed by atoms with Gasteiger partial charge in [-0.2, -0.15) is 13.2 Å². The van der Waals surface area contributed by atoms with Gasteiger partial charge < -0.3 is 4.57 Å². The predicted molar refractivity (Wildman–Crippen MR) is 49.7 cm³/mol. The molecule has 0 saturated heterocycles. The lowest BCUT2D eigenvalue weighted by Gasteiger charge is -2.07. The van der Waals surface area contributed by atoms with Crippen LogP contribution in [0.15, 0.2) is 18.3 Å². The van der Waals surface area contributed by atoms with Crippen LogP contribution in [0.3, 0.4) is 0 Å². The van der Waals surface area contributed by atoms with E-state index in [4.69, 9.17) is 0 Å². The number of alkyl halides is 3. The van der Waals surface area contributed by atoms with Crippen molar-refractivity contribution in [1.82, 2.24) is 4.57 Å². The van der Waals surface area contributed by atoms with Crippen molar-refractivity contribution in [1.29, 1.82) is 0 Å². The Balaban J connectivity index is 2.29. The van der Waals surface area contributed by atoms with Gasteiger partial charge >= 0.3 is 6.18 Å². The van der Waals surface area contributed by atoms with Crippen molar-refractivity contribution in [3.63, 3.8) is 0 Å². The first-order valence-electron chi connectivity index (χ1n) is 4.70. The average Bonchev–Trinajstić information content (AvgIpc) is 2.58. The molecule has 15 heavy (non-hydrogen) atoms. The van der Waals surface area contributed by atoms with E-state index in [2.05, 4.69) is 0 Å². The summed E-state index contributed by atoms with van der Waals surface area (Å²) >= 11 is 0. The van der Waals surface area contributed by atoms with E-state index in [0.29, 0.717) is 24.9 Å². The van der Waals surface area contributed by atoms with Crippen molar-refractivity contribution in [2.75, 3.05) is 0 Å². The Morgan fingerprint density at radius 2 is 2.07 bits per heavy atom. The lowest BCUT2D eigenvalue weighted by Crippen LogP contribution is -2.08. The van der Waals surface area contributed by atoms with Gasteiger partial charge in [0.2, 0.25) is 0 Å². The summed E-state index contributed by atoms with van der Waals surface area (Å²) < 4.78 is 37.1. The average molecular weight is 219 g/mol. The lowest BCUT2D eigenvalue weighted by atomic mass is 10.2. The van der Waals surface area contributed by atoms with Crippen LogP contribution in [-0.2, 0) is 6.54 Å². The van der Waals surface area contributed by atoms with Gasteiger partial charge in [-0.1, -0.05) is 0 Å². The molecule has 0 aliphatic carbocycles. The normalized spacial score (nSPS) is 11.7. The number of carbonyl (C=O) groups is 1. The van der Waals surface area contributed by atoms with E-state index in [1.54, 1.807) is 22.9 Å². The van der Waals surface area contributed by atoms with Crippen molar-refractivity contribution < 1.29 is 18.0 Å². The molecule has 5 heteroatoms. The third-order valence-electron chi connectivity index (χ3n) is 2.09. The summed E-state index contributed by atoms with van der Waals surface area (Å²) in [4.78, 5) is 10.5. The first-order valence-corrected chi connectivity index (χ1v) is 4.70. The first kappa shape index (κ1) is 11.8. The van der Waals surface area contributed by atoms with E-state index in [1.807, 2.05) is 0 Å².